The van der Waals surface area contributed by atoms with E-state index >= 15 is 0 Å². The topological polar surface area (TPSA) is 51.1 Å². The van der Waals surface area contributed by atoms with Crippen LogP contribution < -0.4 is 4.72 Å². The molecule has 0 spiro atoms. The van der Waals surface area contributed by atoms with Crippen LogP contribution in [0.25, 0.3) is 0 Å². The lowest BCUT2D eigenvalue weighted by molar-refractivity contribution is 0.600. The van der Waals surface area contributed by atoms with Gasteiger partial charge in [0, 0.05) is 13.2 Å². The Labute approximate surface area is 114 Å². The smallest absolute Gasteiger partial charge is 0.263 e. The Kier molecular flexibility index (Phi) is 3.66. The number of nitrogens with one attached hydrogen (secondary N) is 1. The highest BCUT2D eigenvalue weighted by atomic mass is 32.2. The first-order valence-corrected chi connectivity index (χ1v) is 7.66. The van der Waals surface area contributed by atoms with Gasteiger partial charge < -0.3 is 4.57 Å². The Morgan fingerprint density at radius 1 is 1.21 bits per heavy atom. The van der Waals surface area contributed by atoms with Gasteiger partial charge in [-0.05, 0) is 36.6 Å². The summed E-state index contributed by atoms with van der Waals surface area (Å²) >= 11 is 0. The molecule has 0 aliphatic rings. The maximum absolute atomic E-state index is 12.4. The number of hydrogen-bond acceptors (Lipinski definition) is 2. The molecule has 2 rings (SSSR count). The summed E-state index contributed by atoms with van der Waals surface area (Å²) in [6, 6.07) is 8.89. The molecule has 5 heteroatoms. The summed E-state index contributed by atoms with van der Waals surface area (Å²) in [6.45, 7) is 3.79. The fourth-order valence-electron chi connectivity index (χ4n) is 2.04. The summed E-state index contributed by atoms with van der Waals surface area (Å²) in [4.78, 5) is 0.318. The molecule has 0 bridgehead atoms. The van der Waals surface area contributed by atoms with E-state index in [-0.39, 0.29) is 0 Å². The lowest BCUT2D eigenvalue weighted by Gasteiger charge is -2.12. The van der Waals surface area contributed by atoms with Crippen molar-refractivity contribution >= 4 is 15.8 Å². The van der Waals surface area contributed by atoms with E-state index in [9.17, 15) is 8.42 Å². The normalized spacial score (nSPS) is 11.5. The molecule has 4 nitrogen and oxygen atoms in total. The first kappa shape index (κ1) is 13.7. The molecular weight excluding hydrogens is 260 g/mol. The lowest BCUT2D eigenvalue weighted by atomic mass is 10.2. The molecule has 0 fully saturated rings. The number of aryl methyl sites for hydroxylation is 3. The molecule has 1 aromatic carbocycles. The molecule has 0 saturated heterocycles. The Hall–Kier alpha value is -1.75. The molecule has 0 atom stereocenters. The minimum absolute atomic E-state index is 0.318. The highest BCUT2D eigenvalue weighted by Gasteiger charge is 2.19. The van der Waals surface area contributed by atoms with Crippen LogP contribution in [0, 0.1) is 6.92 Å². The van der Waals surface area contributed by atoms with Crippen LogP contribution in [0.2, 0.25) is 0 Å². The van der Waals surface area contributed by atoms with E-state index in [0.29, 0.717) is 10.7 Å². The van der Waals surface area contributed by atoms with Gasteiger partial charge in [0.1, 0.15) is 5.82 Å². The Bertz CT molecular complexity index is 687. The standard InChI is InChI=1S/C14H18N2O2S/c1-4-12-9-10-16(3)14(12)15-19(17,18)13-8-6-5-7-11(13)2/h5-10,15H,4H2,1-3H3. The van der Waals surface area contributed by atoms with Crippen molar-refractivity contribution in [3.8, 4) is 0 Å². The Balaban J connectivity index is 2.43. The number of hydrogen-bond donors (Lipinski definition) is 1. The van der Waals surface area contributed by atoms with Gasteiger partial charge in [-0.3, -0.25) is 4.72 Å². The molecule has 0 radical (unpaired) electrons. The van der Waals surface area contributed by atoms with Gasteiger partial charge in [-0.1, -0.05) is 25.1 Å². The van der Waals surface area contributed by atoms with Gasteiger partial charge in [-0.15, -0.1) is 0 Å². The molecule has 0 saturated carbocycles. The zero-order chi connectivity index (χ0) is 14.0. The summed E-state index contributed by atoms with van der Waals surface area (Å²) in [5.41, 5.74) is 1.72. The first-order chi connectivity index (χ1) is 8.95. The van der Waals surface area contributed by atoms with Crippen LogP contribution >= 0.6 is 0 Å². The van der Waals surface area contributed by atoms with Crippen molar-refractivity contribution in [1.82, 2.24) is 4.57 Å². The SMILES string of the molecule is CCc1ccn(C)c1NS(=O)(=O)c1ccccc1C. The third-order valence-corrected chi connectivity index (χ3v) is 4.65. The fourth-order valence-corrected chi connectivity index (χ4v) is 3.43. The molecule has 19 heavy (non-hydrogen) atoms. The van der Waals surface area contributed by atoms with E-state index < -0.39 is 10.0 Å². The highest BCUT2D eigenvalue weighted by molar-refractivity contribution is 7.92. The van der Waals surface area contributed by atoms with Gasteiger partial charge in [-0.2, -0.15) is 0 Å². The van der Waals surface area contributed by atoms with Crippen LogP contribution in [-0.4, -0.2) is 13.0 Å². The Morgan fingerprint density at radius 3 is 2.53 bits per heavy atom. The summed E-state index contributed by atoms with van der Waals surface area (Å²) in [7, 11) is -1.71. The predicted molar refractivity (Wildman–Crippen MR) is 76.8 cm³/mol. The molecule has 0 amide bonds. The molecule has 2 aromatic rings. The first-order valence-electron chi connectivity index (χ1n) is 6.18. The zero-order valence-electron chi connectivity index (χ0n) is 11.3. The van der Waals surface area contributed by atoms with Gasteiger partial charge in [0.05, 0.1) is 4.90 Å². The van der Waals surface area contributed by atoms with Gasteiger partial charge in [0.25, 0.3) is 10.0 Å². The van der Waals surface area contributed by atoms with Gasteiger partial charge in [0.2, 0.25) is 0 Å². The van der Waals surface area contributed by atoms with Crippen LogP contribution in [0.3, 0.4) is 0 Å². The van der Waals surface area contributed by atoms with Crippen molar-refractivity contribution in [2.45, 2.75) is 25.2 Å². The van der Waals surface area contributed by atoms with Gasteiger partial charge in [0.15, 0.2) is 0 Å². The van der Waals surface area contributed by atoms with Crippen LogP contribution in [0.15, 0.2) is 41.4 Å². The highest BCUT2D eigenvalue weighted by Crippen LogP contribution is 2.22. The number of anilines is 1. The van der Waals surface area contributed by atoms with Crippen LogP contribution in [0.5, 0.6) is 0 Å². The minimum atomic E-state index is -3.54. The number of benzene rings is 1. The molecule has 1 N–H and O–H groups in total. The van der Waals surface area contributed by atoms with E-state index in [0.717, 1.165) is 17.5 Å². The number of nitrogens with zero attached hydrogens (tertiary/aromatic N) is 1. The summed E-state index contributed by atoms with van der Waals surface area (Å²) < 4.78 is 29.3. The number of sulfonamides is 1. The number of aromatic nitrogens is 1. The second-order valence-corrected chi connectivity index (χ2v) is 6.18. The van der Waals surface area contributed by atoms with Crippen molar-refractivity contribution in [2.24, 2.45) is 7.05 Å². The van der Waals surface area contributed by atoms with E-state index in [1.807, 2.05) is 32.3 Å². The zero-order valence-corrected chi connectivity index (χ0v) is 12.2. The molecule has 102 valence electrons. The van der Waals surface area contributed by atoms with E-state index in [2.05, 4.69) is 4.72 Å². The van der Waals surface area contributed by atoms with Crippen molar-refractivity contribution in [3.05, 3.63) is 47.7 Å². The Morgan fingerprint density at radius 2 is 1.89 bits per heavy atom. The van der Waals surface area contributed by atoms with Crippen molar-refractivity contribution in [2.75, 3.05) is 4.72 Å². The fraction of sp³-hybridized carbons (Fsp3) is 0.286. The summed E-state index contributed by atoms with van der Waals surface area (Å²) in [5.74, 6) is 0.630. The van der Waals surface area contributed by atoms with E-state index in [1.165, 1.54) is 0 Å². The molecule has 1 heterocycles. The molecule has 0 unspecified atom stereocenters. The van der Waals surface area contributed by atoms with Crippen molar-refractivity contribution in [1.29, 1.82) is 0 Å². The maximum Gasteiger partial charge on any atom is 0.263 e. The quantitative estimate of drug-likeness (QED) is 0.935. The second-order valence-electron chi connectivity index (χ2n) is 4.53. The van der Waals surface area contributed by atoms with E-state index in [1.54, 1.807) is 29.7 Å². The molecular formula is C14H18N2O2S. The maximum atomic E-state index is 12.4. The summed E-state index contributed by atoms with van der Waals surface area (Å²) in [6.07, 6.45) is 2.64. The van der Waals surface area contributed by atoms with Gasteiger partial charge in [-0.25, -0.2) is 8.42 Å². The minimum Gasteiger partial charge on any atom is -0.337 e. The monoisotopic (exact) mass is 278 g/mol. The van der Waals surface area contributed by atoms with E-state index in [4.69, 9.17) is 0 Å². The lowest BCUT2D eigenvalue weighted by Crippen LogP contribution is -2.17. The van der Waals surface area contributed by atoms with Gasteiger partial charge >= 0.3 is 0 Å². The second kappa shape index (κ2) is 5.09. The van der Waals surface area contributed by atoms with Crippen LogP contribution in [0.1, 0.15) is 18.1 Å². The third kappa shape index (κ3) is 2.66. The van der Waals surface area contributed by atoms with Crippen molar-refractivity contribution in [3.63, 3.8) is 0 Å². The average Bonchev–Trinajstić information content (AvgIpc) is 2.70. The third-order valence-electron chi connectivity index (χ3n) is 3.15. The predicted octanol–water partition coefficient (Wildman–Crippen LogP) is 2.70. The molecule has 0 aliphatic carbocycles. The van der Waals surface area contributed by atoms with Crippen molar-refractivity contribution < 1.29 is 8.42 Å². The van der Waals surface area contributed by atoms with Crippen LogP contribution in [-0.2, 0) is 23.5 Å². The van der Waals surface area contributed by atoms with Crippen LogP contribution in [0.4, 0.5) is 5.82 Å². The molecule has 1 aromatic heterocycles. The largest absolute Gasteiger partial charge is 0.337 e. The number of rotatable bonds is 4. The molecule has 0 aliphatic heterocycles. The average molecular weight is 278 g/mol. The summed E-state index contributed by atoms with van der Waals surface area (Å²) in [5, 5.41) is 0.